The molecule has 8 heteroatoms. The molecule has 0 atom stereocenters. The number of nitrogens with zero attached hydrogens (tertiary/aromatic N) is 2. The van der Waals surface area contributed by atoms with E-state index in [0.29, 0.717) is 12.3 Å². The van der Waals surface area contributed by atoms with Gasteiger partial charge >= 0.3 is 0 Å². The predicted octanol–water partition coefficient (Wildman–Crippen LogP) is 2.85. The third-order valence-corrected chi connectivity index (χ3v) is 6.06. The van der Waals surface area contributed by atoms with Crippen molar-refractivity contribution in [3.8, 4) is 17.0 Å². The number of rotatable bonds is 9. The van der Waals surface area contributed by atoms with Gasteiger partial charge in [0.2, 0.25) is 10.0 Å². The number of hydrogen-bond donors (Lipinski definition) is 1. The molecule has 1 N–H and O–H groups in total. The molecule has 3 aromatic rings. The van der Waals surface area contributed by atoms with Gasteiger partial charge in [-0.15, -0.1) is 0 Å². The highest BCUT2D eigenvalue weighted by molar-refractivity contribution is 7.89. The highest BCUT2D eigenvalue weighted by Crippen LogP contribution is 2.19. The van der Waals surface area contributed by atoms with Crippen molar-refractivity contribution in [2.24, 2.45) is 0 Å². The van der Waals surface area contributed by atoms with Crippen molar-refractivity contribution in [1.29, 1.82) is 0 Å². The average molecular weight is 428 g/mol. The Hall–Kier alpha value is -2.97. The van der Waals surface area contributed by atoms with E-state index in [2.05, 4.69) is 9.82 Å². The summed E-state index contributed by atoms with van der Waals surface area (Å²) in [7, 11) is -3.65. The fourth-order valence-electron chi connectivity index (χ4n) is 2.93. The van der Waals surface area contributed by atoms with Crippen LogP contribution in [0.5, 0.6) is 5.75 Å². The Morgan fingerprint density at radius 1 is 0.967 bits per heavy atom. The van der Waals surface area contributed by atoms with Crippen LogP contribution in [0.3, 0.4) is 0 Å². The minimum Gasteiger partial charge on any atom is -0.494 e. The Labute approximate surface area is 176 Å². The van der Waals surface area contributed by atoms with Crippen LogP contribution in [0.1, 0.15) is 19.4 Å². The first-order chi connectivity index (χ1) is 14.4. The molecule has 0 radical (unpaired) electrons. The van der Waals surface area contributed by atoms with E-state index in [4.69, 9.17) is 4.74 Å². The molecule has 0 aliphatic carbocycles. The second kappa shape index (κ2) is 9.69. The molecule has 158 valence electrons. The van der Waals surface area contributed by atoms with E-state index in [0.717, 1.165) is 23.3 Å². The van der Waals surface area contributed by atoms with Crippen LogP contribution in [0.15, 0.2) is 70.4 Å². The minimum atomic E-state index is -3.65. The van der Waals surface area contributed by atoms with Crippen LogP contribution in [0, 0.1) is 0 Å². The summed E-state index contributed by atoms with van der Waals surface area (Å²) in [5.74, 6) is 0.760. The van der Waals surface area contributed by atoms with Crippen molar-refractivity contribution in [3.05, 3.63) is 76.6 Å². The van der Waals surface area contributed by atoms with Crippen molar-refractivity contribution in [1.82, 2.24) is 14.5 Å². The Bertz CT molecular complexity index is 1140. The van der Waals surface area contributed by atoms with E-state index in [9.17, 15) is 13.2 Å². The molecule has 2 aromatic carbocycles. The molecular formula is C22H25N3O4S. The number of hydrogen-bond acceptors (Lipinski definition) is 5. The lowest BCUT2D eigenvalue weighted by molar-refractivity contribution is 0.340. The summed E-state index contributed by atoms with van der Waals surface area (Å²) in [4.78, 5) is 12.3. The first-order valence-electron chi connectivity index (χ1n) is 9.83. The molecule has 0 aliphatic rings. The molecule has 0 amide bonds. The SMILES string of the molecule is CCOc1ccc(-c2ccc(=O)n(CCNS(=O)(=O)c3ccc(CC)cc3)n2)cc1. The molecule has 1 aromatic heterocycles. The number of ether oxygens (including phenoxy) is 1. The highest BCUT2D eigenvalue weighted by Gasteiger charge is 2.13. The number of aryl methyl sites for hydroxylation is 1. The van der Waals surface area contributed by atoms with Gasteiger partial charge in [-0.2, -0.15) is 5.10 Å². The van der Waals surface area contributed by atoms with Gasteiger partial charge in [-0.05, 0) is 61.4 Å². The lowest BCUT2D eigenvalue weighted by Crippen LogP contribution is -2.32. The third-order valence-electron chi connectivity index (χ3n) is 4.59. The summed E-state index contributed by atoms with van der Waals surface area (Å²) in [6.07, 6.45) is 0.840. The largest absolute Gasteiger partial charge is 0.494 e. The Morgan fingerprint density at radius 2 is 1.67 bits per heavy atom. The van der Waals surface area contributed by atoms with Gasteiger partial charge in [0.15, 0.2) is 0 Å². The number of benzene rings is 2. The van der Waals surface area contributed by atoms with Gasteiger partial charge in [0.25, 0.3) is 5.56 Å². The van der Waals surface area contributed by atoms with Crippen molar-refractivity contribution >= 4 is 10.0 Å². The Morgan fingerprint density at radius 3 is 2.30 bits per heavy atom. The number of sulfonamides is 1. The Balaban J connectivity index is 1.69. The average Bonchev–Trinajstić information content (AvgIpc) is 2.76. The maximum atomic E-state index is 12.4. The van der Waals surface area contributed by atoms with E-state index < -0.39 is 10.0 Å². The van der Waals surface area contributed by atoms with E-state index in [1.165, 1.54) is 10.7 Å². The second-order valence-corrected chi connectivity index (χ2v) is 8.40. The predicted molar refractivity (Wildman–Crippen MR) is 116 cm³/mol. The van der Waals surface area contributed by atoms with Gasteiger partial charge in [0.05, 0.1) is 23.7 Å². The summed E-state index contributed by atoms with van der Waals surface area (Å²) in [6.45, 7) is 4.68. The summed E-state index contributed by atoms with van der Waals surface area (Å²) in [5.41, 5.74) is 2.23. The van der Waals surface area contributed by atoms with Gasteiger partial charge < -0.3 is 4.74 Å². The first-order valence-corrected chi connectivity index (χ1v) is 11.3. The summed E-state index contributed by atoms with van der Waals surface area (Å²) >= 11 is 0. The monoisotopic (exact) mass is 427 g/mol. The molecule has 0 saturated heterocycles. The van der Waals surface area contributed by atoms with Crippen LogP contribution in [-0.4, -0.2) is 31.3 Å². The summed E-state index contributed by atoms with van der Waals surface area (Å²) in [6, 6.07) is 17.2. The van der Waals surface area contributed by atoms with Crippen LogP contribution in [0.25, 0.3) is 11.3 Å². The number of nitrogens with one attached hydrogen (secondary N) is 1. The fraction of sp³-hybridized carbons (Fsp3) is 0.273. The quantitative estimate of drug-likeness (QED) is 0.567. The lowest BCUT2D eigenvalue weighted by atomic mass is 10.1. The normalized spacial score (nSPS) is 11.4. The third kappa shape index (κ3) is 5.34. The molecule has 0 fully saturated rings. The van der Waals surface area contributed by atoms with Crippen LogP contribution >= 0.6 is 0 Å². The van der Waals surface area contributed by atoms with Gasteiger partial charge in [0.1, 0.15) is 5.75 Å². The van der Waals surface area contributed by atoms with E-state index in [-0.39, 0.29) is 23.5 Å². The molecule has 0 unspecified atom stereocenters. The zero-order valence-corrected chi connectivity index (χ0v) is 17.9. The van der Waals surface area contributed by atoms with Crippen molar-refractivity contribution < 1.29 is 13.2 Å². The molecule has 0 aliphatic heterocycles. The van der Waals surface area contributed by atoms with Crippen molar-refractivity contribution in [2.45, 2.75) is 31.7 Å². The van der Waals surface area contributed by atoms with Crippen LogP contribution in [0.4, 0.5) is 0 Å². The summed E-state index contributed by atoms with van der Waals surface area (Å²) < 4.78 is 34.1. The van der Waals surface area contributed by atoms with Crippen molar-refractivity contribution in [3.63, 3.8) is 0 Å². The molecule has 1 heterocycles. The zero-order valence-electron chi connectivity index (χ0n) is 17.0. The zero-order chi connectivity index (χ0) is 21.6. The van der Waals surface area contributed by atoms with Crippen molar-refractivity contribution in [2.75, 3.05) is 13.2 Å². The van der Waals surface area contributed by atoms with Gasteiger partial charge in [-0.1, -0.05) is 19.1 Å². The molecule has 0 bridgehead atoms. The van der Waals surface area contributed by atoms with Crippen LogP contribution < -0.4 is 15.0 Å². The molecule has 0 spiro atoms. The van der Waals surface area contributed by atoms with Gasteiger partial charge in [-0.25, -0.2) is 17.8 Å². The molecule has 3 rings (SSSR count). The fourth-order valence-corrected chi connectivity index (χ4v) is 3.95. The van der Waals surface area contributed by atoms with Gasteiger partial charge in [0, 0.05) is 18.2 Å². The topological polar surface area (TPSA) is 90.3 Å². The lowest BCUT2D eigenvalue weighted by Gasteiger charge is -2.10. The minimum absolute atomic E-state index is 0.0531. The maximum absolute atomic E-state index is 12.4. The van der Waals surface area contributed by atoms with Crippen LogP contribution in [0.2, 0.25) is 0 Å². The molecule has 7 nitrogen and oxygen atoms in total. The number of aromatic nitrogens is 2. The summed E-state index contributed by atoms with van der Waals surface area (Å²) in [5, 5.41) is 4.36. The van der Waals surface area contributed by atoms with E-state index in [1.807, 2.05) is 38.1 Å². The smallest absolute Gasteiger partial charge is 0.266 e. The maximum Gasteiger partial charge on any atom is 0.266 e. The molecular weight excluding hydrogens is 402 g/mol. The second-order valence-electron chi connectivity index (χ2n) is 6.63. The highest BCUT2D eigenvalue weighted by atomic mass is 32.2. The van der Waals surface area contributed by atoms with Crippen LogP contribution in [-0.2, 0) is 23.0 Å². The van der Waals surface area contributed by atoms with E-state index >= 15 is 0 Å². The Kier molecular flexibility index (Phi) is 7.02. The first kappa shape index (κ1) is 21.7. The van der Waals surface area contributed by atoms with E-state index in [1.54, 1.807) is 30.3 Å². The molecule has 0 saturated carbocycles. The standard InChI is InChI=1S/C22H25N3O4S/c1-3-17-5-11-20(12-6-17)30(27,28)23-15-16-25-22(26)14-13-21(24-25)18-7-9-19(10-8-18)29-4-2/h5-14,23H,3-4,15-16H2,1-2H3. The molecule has 30 heavy (non-hydrogen) atoms. The van der Waals surface area contributed by atoms with Gasteiger partial charge in [-0.3, -0.25) is 4.79 Å².